The first-order valence-corrected chi connectivity index (χ1v) is 4.47. The van der Waals surface area contributed by atoms with E-state index in [-0.39, 0.29) is 5.82 Å². The fourth-order valence-electron chi connectivity index (χ4n) is 0.973. The van der Waals surface area contributed by atoms with Gasteiger partial charge in [-0.15, -0.1) is 0 Å². The molecular weight excluding hydrogens is 237 g/mol. The number of benzene rings is 1. The van der Waals surface area contributed by atoms with Crippen LogP contribution in [-0.4, -0.2) is 7.11 Å². The Kier molecular flexibility index (Phi) is 3.26. The largest absolute Gasteiger partial charge is 0.496 e. The molecule has 0 saturated carbocycles. The highest BCUT2D eigenvalue weighted by Gasteiger charge is 2.12. The standard InChI is InChI=1S/C9H7BrFNO/c1-13-9-3-2-6(11)4-7(9)8(10)5-12/h2-4,8H,1H3. The van der Waals surface area contributed by atoms with Gasteiger partial charge in [0.1, 0.15) is 16.4 Å². The van der Waals surface area contributed by atoms with Crippen LogP contribution in [0.15, 0.2) is 18.2 Å². The van der Waals surface area contributed by atoms with Crippen LogP contribution in [0.25, 0.3) is 0 Å². The molecule has 1 aromatic rings. The number of hydrogen-bond acceptors (Lipinski definition) is 2. The van der Waals surface area contributed by atoms with E-state index in [1.54, 1.807) is 0 Å². The molecule has 68 valence electrons. The van der Waals surface area contributed by atoms with Crippen molar-refractivity contribution in [2.75, 3.05) is 7.11 Å². The van der Waals surface area contributed by atoms with Crippen molar-refractivity contribution in [3.63, 3.8) is 0 Å². The summed E-state index contributed by atoms with van der Waals surface area (Å²) in [4.78, 5) is -0.543. The van der Waals surface area contributed by atoms with Crippen LogP contribution in [0.2, 0.25) is 0 Å². The summed E-state index contributed by atoms with van der Waals surface area (Å²) in [5.41, 5.74) is 0.505. The third-order valence-electron chi connectivity index (χ3n) is 1.58. The van der Waals surface area contributed by atoms with Crippen molar-refractivity contribution in [3.05, 3.63) is 29.6 Å². The lowest BCUT2D eigenvalue weighted by Gasteiger charge is -2.08. The Hall–Kier alpha value is -1.08. The van der Waals surface area contributed by atoms with Gasteiger partial charge in [-0.05, 0) is 18.2 Å². The number of alkyl halides is 1. The van der Waals surface area contributed by atoms with Crippen LogP contribution in [0, 0.1) is 17.1 Å². The minimum absolute atomic E-state index is 0.379. The summed E-state index contributed by atoms with van der Waals surface area (Å²) in [7, 11) is 1.48. The van der Waals surface area contributed by atoms with E-state index in [9.17, 15) is 4.39 Å². The molecule has 2 nitrogen and oxygen atoms in total. The Labute approximate surface area is 84.1 Å². The molecule has 0 amide bonds. The van der Waals surface area contributed by atoms with Crippen LogP contribution in [0.5, 0.6) is 5.75 Å². The quantitative estimate of drug-likeness (QED) is 0.749. The molecular formula is C9H7BrFNO. The fourth-order valence-corrected chi connectivity index (χ4v) is 1.33. The van der Waals surface area contributed by atoms with Crippen molar-refractivity contribution < 1.29 is 9.13 Å². The second-order valence-corrected chi connectivity index (χ2v) is 3.29. The maximum atomic E-state index is 12.8. The Balaban J connectivity index is 3.17. The number of nitrogens with zero attached hydrogens (tertiary/aromatic N) is 1. The lowest BCUT2D eigenvalue weighted by Crippen LogP contribution is -1.94. The van der Waals surface area contributed by atoms with Crippen LogP contribution in [0.1, 0.15) is 10.4 Å². The fraction of sp³-hybridized carbons (Fsp3) is 0.222. The van der Waals surface area contributed by atoms with E-state index < -0.39 is 4.83 Å². The van der Waals surface area contributed by atoms with E-state index in [0.717, 1.165) is 0 Å². The van der Waals surface area contributed by atoms with E-state index in [4.69, 9.17) is 10.00 Å². The lowest BCUT2D eigenvalue weighted by molar-refractivity contribution is 0.409. The Morgan fingerprint density at radius 1 is 1.62 bits per heavy atom. The zero-order valence-corrected chi connectivity index (χ0v) is 8.51. The average molecular weight is 244 g/mol. The van der Waals surface area contributed by atoms with Gasteiger partial charge in [0.2, 0.25) is 0 Å². The summed E-state index contributed by atoms with van der Waals surface area (Å²) in [5.74, 6) is 0.125. The van der Waals surface area contributed by atoms with Gasteiger partial charge in [0.15, 0.2) is 0 Å². The Morgan fingerprint density at radius 3 is 2.85 bits per heavy atom. The highest BCUT2D eigenvalue weighted by molar-refractivity contribution is 9.09. The van der Waals surface area contributed by atoms with Crippen molar-refractivity contribution in [3.8, 4) is 11.8 Å². The topological polar surface area (TPSA) is 33.0 Å². The van der Waals surface area contributed by atoms with Crippen LogP contribution < -0.4 is 4.74 Å². The SMILES string of the molecule is COc1ccc(F)cc1C(Br)C#N. The molecule has 0 aliphatic heterocycles. The molecule has 0 bridgehead atoms. The number of halogens is 2. The first-order chi connectivity index (χ1) is 6.19. The third-order valence-corrected chi connectivity index (χ3v) is 2.28. The molecule has 1 aromatic carbocycles. The van der Waals surface area contributed by atoms with Gasteiger partial charge in [0.25, 0.3) is 0 Å². The van der Waals surface area contributed by atoms with Gasteiger partial charge in [-0.2, -0.15) is 5.26 Å². The number of ether oxygens (including phenoxy) is 1. The monoisotopic (exact) mass is 243 g/mol. The molecule has 0 aliphatic carbocycles. The van der Waals surface area contributed by atoms with E-state index >= 15 is 0 Å². The second-order valence-electron chi connectivity index (χ2n) is 2.38. The highest BCUT2D eigenvalue weighted by Crippen LogP contribution is 2.30. The molecule has 0 N–H and O–H groups in total. The van der Waals surface area contributed by atoms with Crippen LogP contribution in [0.4, 0.5) is 4.39 Å². The van der Waals surface area contributed by atoms with Gasteiger partial charge >= 0.3 is 0 Å². The van der Waals surface area contributed by atoms with Gasteiger partial charge in [0.05, 0.1) is 13.2 Å². The van der Waals surface area contributed by atoms with Gasteiger partial charge < -0.3 is 4.74 Å². The number of methoxy groups -OCH3 is 1. The average Bonchev–Trinajstić information content (AvgIpc) is 2.16. The molecule has 0 radical (unpaired) electrons. The molecule has 13 heavy (non-hydrogen) atoms. The molecule has 1 rings (SSSR count). The van der Waals surface area contributed by atoms with Gasteiger partial charge in [0, 0.05) is 5.56 Å². The predicted octanol–water partition coefficient (Wildman–Crippen LogP) is 2.79. The summed E-state index contributed by atoms with van der Waals surface area (Å²) in [5, 5.41) is 8.62. The van der Waals surface area contributed by atoms with Crippen molar-refractivity contribution >= 4 is 15.9 Å². The molecule has 0 spiro atoms. The van der Waals surface area contributed by atoms with Crippen molar-refractivity contribution in [1.29, 1.82) is 5.26 Å². The van der Waals surface area contributed by atoms with Crippen molar-refractivity contribution in [2.24, 2.45) is 0 Å². The van der Waals surface area contributed by atoms with E-state index in [1.165, 1.54) is 25.3 Å². The summed E-state index contributed by atoms with van der Waals surface area (Å²) in [6.07, 6.45) is 0. The van der Waals surface area contributed by atoms with E-state index in [2.05, 4.69) is 15.9 Å². The normalized spacial score (nSPS) is 11.8. The van der Waals surface area contributed by atoms with Gasteiger partial charge in [-0.3, -0.25) is 0 Å². The van der Waals surface area contributed by atoms with E-state index in [1.807, 2.05) is 6.07 Å². The van der Waals surface area contributed by atoms with Crippen LogP contribution >= 0.6 is 15.9 Å². The molecule has 0 aliphatic rings. The zero-order chi connectivity index (χ0) is 9.84. The predicted molar refractivity (Wildman–Crippen MR) is 50.2 cm³/mol. The molecule has 1 unspecified atom stereocenters. The number of nitriles is 1. The Bertz CT molecular complexity index is 348. The number of rotatable bonds is 2. The highest BCUT2D eigenvalue weighted by atomic mass is 79.9. The van der Waals surface area contributed by atoms with Crippen molar-refractivity contribution in [2.45, 2.75) is 4.83 Å². The molecule has 0 saturated heterocycles. The lowest BCUT2D eigenvalue weighted by atomic mass is 10.1. The summed E-state index contributed by atoms with van der Waals surface area (Å²) >= 11 is 3.10. The maximum absolute atomic E-state index is 12.8. The second kappa shape index (κ2) is 4.24. The summed E-state index contributed by atoms with van der Waals surface area (Å²) in [6.45, 7) is 0. The minimum atomic E-state index is -0.543. The van der Waals surface area contributed by atoms with Gasteiger partial charge in [-0.25, -0.2) is 4.39 Å². The summed E-state index contributed by atoms with van der Waals surface area (Å²) < 4.78 is 17.8. The molecule has 1 atom stereocenters. The molecule has 0 aromatic heterocycles. The van der Waals surface area contributed by atoms with Crippen LogP contribution in [-0.2, 0) is 0 Å². The summed E-state index contributed by atoms with van der Waals surface area (Å²) in [6, 6.07) is 6.02. The third kappa shape index (κ3) is 2.19. The van der Waals surface area contributed by atoms with E-state index in [0.29, 0.717) is 11.3 Å². The van der Waals surface area contributed by atoms with Crippen LogP contribution in [0.3, 0.4) is 0 Å². The smallest absolute Gasteiger partial charge is 0.130 e. The molecule has 4 heteroatoms. The molecule has 0 fully saturated rings. The minimum Gasteiger partial charge on any atom is -0.496 e. The zero-order valence-electron chi connectivity index (χ0n) is 6.92. The first-order valence-electron chi connectivity index (χ1n) is 3.56. The Morgan fingerprint density at radius 2 is 2.31 bits per heavy atom. The number of hydrogen-bond donors (Lipinski definition) is 0. The van der Waals surface area contributed by atoms with Gasteiger partial charge in [-0.1, -0.05) is 15.9 Å². The maximum Gasteiger partial charge on any atom is 0.130 e. The molecule has 0 heterocycles. The first kappa shape index (κ1) is 10.0. The van der Waals surface area contributed by atoms with Crippen molar-refractivity contribution in [1.82, 2.24) is 0 Å².